The Morgan fingerprint density at radius 3 is 2.23 bits per heavy atom. The van der Waals surface area contributed by atoms with E-state index in [0.717, 1.165) is 0 Å². The van der Waals surface area contributed by atoms with Crippen LogP contribution in [0.5, 0.6) is 0 Å². The maximum absolute atomic E-state index is 12.9. The van der Waals surface area contributed by atoms with E-state index in [2.05, 4.69) is 0 Å². The standard InChI is InChI=1S/C17H24N2O3/c1-11(20)13-15(22)18(5)16(17(2,3)4)19(13)14(21)12-9-7-6-8-10-12/h6-11,13,16,20H,1-5H3/t11-,13+,16+/m1/s1. The Hall–Kier alpha value is -1.88. The second-order valence-corrected chi connectivity index (χ2v) is 6.95. The Morgan fingerprint density at radius 2 is 1.77 bits per heavy atom. The van der Waals surface area contributed by atoms with E-state index in [9.17, 15) is 14.7 Å². The number of carbonyl (C=O) groups is 2. The Kier molecular flexibility index (Phi) is 4.29. The first-order valence-corrected chi connectivity index (χ1v) is 7.48. The molecule has 3 atom stereocenters. The third-order valence-electron chi connectivity index (χ3n) is 4.02. The zero-order chi connectivity index (χ0) is 16.7. The third kappa shape index (κ3) is 2.73. The molecular weight excluding hydrogens is 280 g/mol. The fraction of sp³-hybridized carbons (Fsp3) is 0.529. The molecule has 1 N–H and O–H groups in total. The highest BCUT2D eigenvalue weighted by atomic mass is 16.3. The van der Waals surface area contributed by atoms with E-state index in [-0.39, 0.29) is 17.2 Å². The number of carbonyl (C=O) groups excluding carboxylic acids is 2. The van der Waals surface area contributed by atoms with Gasteiger partial charge in [-0.25, -0.2) is 0 Å². The van der Waals surface area contributed by atoms with Gasteiger partial charge in [-0.2, -0.15) is 0 Å². The van der Waals surface area contributed by atoms with Gasteiger partial charge < -0.3 is 14.9 Å². The number of nitrogens with zero attached hydrogens (tertiary/aromatic N) is 2. The predicted octanol–water partition coefficient (Wildman–Crippen LogP) is 1.72. The molecule has 5 heteroatoms. The van der Waals surface area contributed by atoms with E-state index in [1.54, 1.807) is 43.1 Å². The van der Waals surface area contributed by atoms with Crippen LogP contribution >= 0.6 is 0 Å². The molecule has 1 saturated heterocycles. The van der Waals surface area contributed by atoms with Crippen LogP contribution in [0.25, 0.3) is 0 Å². The first-order chi connectivity index (χ1) is 10.2. The van der Waals surface area contributed by atoms with Crippen molar-refractivity contribution in [1.82, 2.24) is 9.80 Å². The molecule has 0 radical (unpaired) electrons. The summed E-state index contributed by atoms with van der Waals surface area (Å²) in [7, 11) is 1.69. The highest BCUT2D eigenvalue weighted by Gasteiger charge is 2.52. The highest BCUT2D eigenvalue weighted by Crippen LogP contribution is 2.35. The number of likely N-dealkylation sites (N-methyl/N-ethyl adjacent to an activating group) is 1. The topological polar surface area (TPSA) is 60.9 Å². The number of hydrogen-bond donors (Lipinski definition) is 1. The molecule has 0 unspecified atom stereocenters. The maximum atomic E-state index is 12.9. The molecule has 0 spiro atoms. The van der Waals surface area contributed by atoms with Crippen molar-refractivity contribution in [3.8, 4) is 0 Å². The second kappa shape index (κ2) is 5.72. The molecule has 1 aromatic carbocycles. The second-order valence-electron chi connectivity index (χ2n) is 6.95. The molecule has 2 amide bonds. The molecule has 2 rings (SSSR count). The van der Waals surface area contributed by atoms with Crippen LogP contribution < -0.4 is 0 Å². The molecule has 0 bridgehead atoms. The predicted molar refractivity (Wildman–Crippen MR) is 84.1 cm³/mol. The summed E-state index contributed by atoms with van der Waals surface area (Å²) in [6, 6.07) is 8.03. The van der Waals surface area contributed by atoms with Crippen LogP contribution in [0, 0.1) is 5.41 Å². The number of amides is 2. The number of benzene rings is 1. The van der Waals surface area contributed by atoms with Crippen molar-refractivity contribution < 1.29 is 14.7 Å². The summed E-state index contributed by atoms with van der Waals surface area (Å²) in [5.41, 5.74) is 0.198. The van der Waals surface area contributed by atoms with Gasteiger partial charge in [-0.05, 0) is 19.1 Å². The summed E-state index contributed by atoms with van der Waals surface area (Å²) < 4.78 is 0. The van der Waals surface area contributed by atoms with Crippen molar-refractivity contribution in [3.05, 3.63) is 35.9 Å². The lowest BCUT2D eigenvalue weighted by Gasteiger charge is -2.39. The van der Waals surface area contributed by atoms with Gasteiger partial charge >= 0.3 is 0 Å². The average Bonchev–Trinajstić information content (AvgIpc) is 2.71. The average molecular weight is 304 g/mol. The summed E-state index contributed by atoms with van der Waals surface area (Å²) in [4.78, 5) is 28.6. The van der Waals surface area contributed by atoms with E-state index < -0.39 is 18.3 Å². The molecule has 0 saturated carbocycles. The van der Waals surface area contributed by atoms with E-state index in [1.807, 2.05) is 26.8 Å². The molecule has 1 heterocycles. The number of rotatable bonds is 2. The molecule has 120 valence electrons. The van der Waals surface area contributed by atoms with Crippen molar-refractivity contribution in [1.29, 1.82) is 0 Å². The van der Waals surface area contributed by atoms with Crippen LogP contribution in [0.4, 0.5) is 0 Å². The summed E-state index contributed by atoms with van der Waals surface area (Å²) in [6.07, 6.45) is -1.32. The van der Waals surface area contributed by atoms with Gasteiger partial charge in [0.25, 0.3) is 5.91 Å². The van der Waals surface area contributed by atoms with Crippen LogP contribution in [-0.4, -0.2) is 52.1 Å². The van der Waals surface area contributed by atoms with Gasteiger partial charge in [0.15, 0.2) is 0 Å². The number of hydrogen-bond acceptors (Lipinski definition) is 3. The van der Waals surface area contributed by atoms with Crippen molar-refractivity contribution in [2.75, 3.05) is 7.05 Å². The van der Waals surface area contributed by atoms with Gasteiger partial charge in [-0.1, -0.05) is 39.0 Å². The number of aliphatic hydroxyl groups is 1. The smallest absolute Gasteiger partial charge is 0.256 e. The lowest BCUT2D eigenvalue weighted by Crippen LogP contribution is -2.52. The molecule has 0 aromatic heterocycles. The molecule has 1 aromatic rings. The van der Waals surface area contributed by atoms with Gasteiger partial charge in [0, 0.05) is 18.0 Å². The third-order valence-corrected chi connectivity index (χ3v) is 4.02. The van der Waals surface area contributed by atoms with E-state index in [0.29, 0.717) is 5.56 Å². The van der Waals surface area contributed by atoms with Crippen LogP contribution in [0.15, 0.2) is 30.3 Å². The van der Waals surface area contributed by atoms with Gasteiger partial charge in [-0.15, -0.1) is 0 Å². The minimum atomic E-state index is -0.921. The maximum Gasteiger partial charge on any atom is 0.256 e. The fourth-order valence-corrected chi connectivity index (χ4v) is 3.19. The van der Waals surface area contributed by atoms with Crippen LogP contribution in [0.1, 0.15) is 38.1 Å². The molecule has 1 aliphatic rings. The van der Waals surface area contributed by atoms with Crippen molar-refractivity contribution >= 4 is 11.8 Å². The molecule has 1 fully saturated rings. The SMILES string of the molecule is C[C@@H](O)[C@H]1C(=O)N(C)[C@H](C(C)(C)C)N1C(=O)c1ccccc1. The van der Waals surface area contributed by atoms with Crippen molar-refractivity contribution in [2.45, 2.75) is 46.0 Å². The normalized spacial score (nSPS) is 23.8. The minimum absolute atomic E-state index is 0.223. The molecule has 5 nitrogen and oxygen atoms in total. The van der Waals surface area contributed by atoms with Gasteiger partial charge in [-0.3, -0.25) is 9.59 Å². The Morgan fingerprint density at radius 1 is 1.23 bits per heavy atom. The summed E-state index contributed by atoms with van der Waals surface area (Å²) >= 11 is 0. The summed E-state index contributed by atoms with van der Waals surface area (Å²) in [5, 5.41) is 10.0. The highest BCUT2D eigenvalue weighted by molar-refractivity contribution is 6.00. The summed E-state index contributed by atoms with van der Waals surface area (Å²) in [6.45, 7) is 7.50. The van der Waals surface area contributed by atoms with Crippen molar-refractivity contribution in [3.63, 3.8) is 0 Å². The Balaban J connectivity index is 2.50. The molecule has 0 aliphatic carbocycles. The van der Waals surface area contributed by atoms with E-state index in [4.69, 9.17) is 0 Å². The lowest BCUT2D eigenvalue weighted by molar-refractivity contribution is -0.131. The van der Waals surface area contributed by atoms with Gasteiger partial charge in [0.05, 0.1) is 6.10 Å². The van der Waals surface area contributed by atoms with Crippen LogP contribution in [-0.2, 0) is 4.79 Å². The first-order valence-electron chi connectivity index (χ1n) is 7.48. The zero-order valence-corrected chi connectivity index (χ0v) is 13.8. The van der Waals surface area contributed by atoms with Gasteiger partial charge in [0.2, 0.25) is 5.91 Å². The molecule has 1 aliphatic heterocycles. The quantitative estimate of drug-likeness (QED) is 0.905. The monoisotopic (exact) mass is 304 g/mol. The van der Waals surface area contributed by atoms with Crippen LogP contribution in [0.2, 0.25) is 0 Å². The first kappa shape index (κ1) is 16.5. The largest absolute Gasteiger partial charge is 0.391 e. The molecular formula is C17H24N2O3. The number of aliphatic hydroxyl groups excluding tert-OH is 1. The van der Waals surface area contributed by atoms with Crippen molar-refractivity contribution in [2.24, 2.45) is 5.41 Å². The Bertz CT molecular complexity index is 563. The Labute approximate surface area is 131 Å². The van der Waals surface area contributed by atoms with E-state index >= 15 is 0 Å². The zero-order valence-electron chi connectivity index (χ0n) is 13.8. The van der Waals surface area contributed by atoms with Gasteiger partial charge in [0.1, 0.15) is 12.2 Å². The lowest BCUT2D eigenvalue weighted by atomic mass is 9.90. The fourth-order valence-electron chi connectivity index (χ4n) is 3.19. The molecule has 22 heavy (non-hydrogen) atoms. The minimum Gasteiger partial charge on any atom is -0.391 e. The summed E-state index contributed by atoms with van der Waals surface area (Å²) in [5.74, 6) is -0.455. The van der Waals surface area contributed by atoms with E-state index in [1.165, 1.54) is 4.90 Å². The van der Waals surface area contributed by atoms with Crippen LogP contribution in [0.3, 0.4) is 0 Å².